The maximum atomic E-state index is 11.6. The van der Waals surface area contributed by atoms with Crippen molar-refractivity contribution in [3.8, 4) is 0 Å². The molecular weight excluding hydrogens is 385 g/mol. The van der Waals surface area contributed by atoms with Gasteiger partial charge in [0.05, 0.1) is 0 Å². The number of benzene rings is 1. The summed E-state index contributed by atoms with van der Waals surface area (Å²) in [5, 5.41) is 2.48. The highest BCUT2D eigenvalue weighted by Crippen LogP contribution is 2.31. The molecule has 1 amide bonds. The summed E-state index contributed by atoms with van der Waals surface area (Å²) >= 11 is 2.25. The van der Waals surface area contributed by atoms with Gasteiger partial charge >= 0.3 is 6.09 Å². The van der Waals surface area contributed by atoms with Crippen LogP contribution in [0.25, 0.3) is 0 Å². The number of carbonyl (C=O) groups excluding carboxylic acids is 1. The van der Waals surface area contributed by atoms with Gasteiger partial charge in [0.25, 0.3) is 0 Å². The molecule has 118 valence electrons. The Balaban J connectivity index is 3.08. The minimum absolute atomic E-state index is 0.0974. The Bertz CT molecular complexity index is 453. The average Bonchev–Trinajstić information content (AvgIpc) is 2.47. The summed E-state index contributed by atoms with van der Waals surface area (Å²) in [4.78, 5) is 11.6. The van der Waals surface area contributed by atoms with Gasteiger partial charge in [0, 0.05) is 17.7 Å². The van der Waals surface area contributed by atoms with E-state index in [-0.39, 0.29) is 18.8 Å². The highest BCUT2D eigenvalue weighted by Gasteiger charge is 2.31. The van der Waals surface area contributed by atoms with Gasteiger partial charge in [-0.05, 0) is 40.1 Å². The van der Waals surface area contributed by atoms with E-state index < -0.39 is 12.2 Å². The van der Waals surface area contributed by atoms with Gasteiger partial charge in [-0.15, -0.1) is 0 Å². The Morgan fingerprint density at radius 1 is 1.33 bits per heavy atom. The normalized spacial score (nSPS) is 13.8. The van der Waals surface area contributed by atoms with Gasteiger partial charge in [-0.1, -0.05) is 32.0 Å². The van der Waals surface area contributed by atoms with Crippen molar-refractivity contribution >= 4 is 28.7 Å². The van der Waals surface area contributed by atoms with Gasteiger partial charge in [0.1, 0.15) is 19.0 Å². The number of carbonyl (C=O) groups is 1. The summed E-state index contributed by atoms with van der Waals surface area (Å²) in [5.41, 5.74) is 0.984. The second-order valence-corrected chi connectivity index (χ2v) is 6.04. The third kappa shape index (κ3) is 5.44. The number of methoxy groups -OCH3 is 1. The first-order valence-electron chi connectivity index (χ1n) is 6.74. The molecule has 21 heavy (non-hydrogen) atoms. The predicted octanol–water partition coefficient (Wildman–Crippen LogP) is 3.33. The van der Waals surface area contributed by atoms with Crippen LogP contribution in [0.1, 0.15) is 25.5 Å². The quantitative estimate of drug-likeness (QED) is 0.557. The van der Waals surface area contributed by atoms with Crippen LogP contribution in [0, 0.1) is 9.49 Å². The highest BCUT2D eigenvalue weighted by molar-refractivity contribution is 14.1. The van der Waals surface area contributed by atoms with Crippen molar-refractivity contribution in [1.82, 2.24) is 5.32 Å². The van der Waals surface area contributed by atoms with E-state index >= 15 is 0 Å². The number of nitrogens with one attached hydrogen (secondary N) is 1. The van der Waals surface area contributed by atoms with Gasteiger partial charge < -0.3 is 19.5 Å². The molecule has 1 N–H and O–H groups in total. The van der Waals surface area contributed by atoms with Gasteiger partial charge in [0.2, 0.25) is 0 Å². The number of hydrogen-bond acceptors (Lipinski definition) is 4. The molecule has 1 rings (SSSR count). The molecule has 5 nitrogen and oxygen atoms in total. The molecule has 0 aliphatic rings. The van der Waals surface area contributed by atoms with Crippen molar-refractivity contribution < 1.29 is 19.0 Å². The minimum Gasteiger partial charge on any atom is -0.443 e. The Morgan fingerprint density at radius 2 is 2.00 bits per heavy atom. The van der Waals surface area contributed by atoms with Crippen molar-refractivity contribution in [1.29, 1.82) is 0 Å². The fourth-order valence-corrected chi connectivity index (χ4v) is 2.63. The molecule has 0 unspecified atom stereocenters. The standard InChI is InChI=1S/C15H22INO4/c1-10(2)13(21-15(18)17-3)14(20-9-19-4)11-7-5-6-8-12(11)16/h5-8,10,13-14H,9H2,1-4H3,(H,17,18)/t13-,14-/m0/s1. The SMILES string of the molecule is CNC(=O)O[C@@H](C(C)C)[C@@H](OCOC)c1ccccc1I. The van der Waals surface area contributed by atoms with Crippen LogP contribution in [0.5, 0.6) is 0 Å². The van der Waals surface area contributed by atoms with E-state index in [9.17, 15) is 4.79 Å². The first kappa shape index (κ1) is 18.2. The molecule has 0 aliphatic heterocycles. The molecule has 2 atom stereocenters. The number of ether oxygens (including phenoxy) is 3. The maximum Gasteiger partial charge on any atom is 0.407 e. The zero-order chi connectivity index (χ0) is 15.8. The zero-order valence-corrected chi connectivity index (χ0v) is 14.9. The molecule has 0 radical (unpaired) electrons. The van der Waals surface area contributed by atoms with Crippen LogP contribution in [0.15, 0.2) is 24.3 Å². The smallest absolute Gasteiger partial charge is 0.407 e. The summed E-state index contributed by atoms with van der Waals surface area (Å²) in [6.07, 6.45) is -1.25. The number of hydrogen-bond donors (Lipinski definition) is 1. The van der Waals surface area contributed by atoms with E-state index in [2.05, 4.69) is 27.9 Å². The predicted molar refractivity (Wildman–Crippen MR) is 89.0 cm³/mol. The van der Waals surface area contributed by atoms with E-state index in [0.717, 1.165) is 9.13 Å². The van der Waals surface area contributed by atoms with Crippen molar-refractivity contribution in [2.75, 3.05) is 21.0 Å². The Hall–Kier alpha value is -0.860. The van der Waals surface area contributed by atoms with Gasteiger partial charge in [-0.2, -0.15) is 0 Å². The summed E-state index contributed by atoms with van der Waals surface area (Å²) in [5.74, 6) is 0.0974. The molecule has 0 bridgehead atoms. The first-order chi connectivity index (χ1) is 10.0. The highest BCUT2D eigenvalue weighted by atomic mass is 127. The third-order valence-corrected chi connectivity index (χ3v) is 3.96. The molecule has 6 heteroatoms. The van der Waals surface area contributed by atoms with Crippen LogP contribution in [-0.2, 0) is 14.2 Å². The summed E-state index contributed by atoms with van der Waals surface area (Å²) in [6, 6.07) is 7.88. The molecule has 0 fully saturated rings. The van der Waals surface area contributed by atoms with Crippen LogP contribution < -0.4 is 5.32 Å². The molecule has 0 heterocycles. The van der Waals surface area contributed by atoms with E-state index in [1.807, 2.05) is 38.1 Å². The molecule has 0 aromatic heterocycles. The fraction of sp³-hybridized carbons (Fsp3) is 0.533. The fourth-order valence-electron chi connectivity index (χ4n) is 1.94. The zero-order valence-electron chi connectivity index (χ0n) is 12.8. The van der Waals surface area contributed by atoms with Crippen LogP contribution in [0.3, 0.4) is 0 Å². The monoisotopic (exact) mass is 407 g/mol. The average molecular weight is 407 g/mol. The van der Waals surface area contributed by atoms with Crippen LogP contribution >= 0.6 is 22.6 Å². The van der Waals surface area contributed by atoms with Gasteiger partial charge in [-0.25, -0.2) is 4.79 Å². The molecule has 0 aliphatic carbocycles. The van der Waals surface area contributed by atoms with E-state index in [1.165, 1.54) is 7.05 Å². The van der Waals surface area contributed by atoms with Crippen LogP contribution in [0.2, 0.25) is 0 Å². The van der Waals surface area contributed by atoms with E-state index in [4.69, 9.17) is 14.2 Å². The second kappa shape index (κ2) is 9.22. The van der Waals surface area contributed by atoms with Gasteiger partial charge in [-0.3, -0.25) is 0 Å². The van der Waals surface area contributed by atoms with Crippen molar-refractivity contribution in [2.45, 2.75) is 26.1 Å². The molecule has 1 aromatic rings. The molecule has 0 saturated heterocycles. The Morgan fingerprint density at radius 3 is 2.52 bits per heavy atom. The third-order valence-electron chi connectivity index (χ3n) is 2.98. The molecule has 0 spiro atoms. The maximum absolute atomic E-state index is 11.6. The minimum atomic E-state index is -0.467. The number of halogens is 1. The molecule has 1 aromatic carbocycles. The summed E-state index contributed by atoms with van der Waals surface area (Å²) < 4.78 is 17.4. The lowest BCUT2D eigenvalue weighted by atomic mass is 9.96. The van der Waals surface area contributed by atoms with Crippen molar-refractivity contribution in [2.24, 2.45) is 5.92 Å². The van der Waals surface area contributed by atoms with Gasteiger partial charge in [0.15, 0.2) is 0 Å². The number of amides is 1. The summed E-state index contributed by atoms with van der Waals surface area (Å²) in [6.45, 7) is 4.12. The Kier molecular flexibility index (Phi) is 7.98. The van der Waals surface area contributed by atoms with E-state index in [1.54, 1.807) is 7.11 Å². The number of rotatable bonds is 7. The molecular formula is C15H22INO4. The van der Waals surface area contributed by atoms with Crippen molar-refractivity contribution in [3.63, 3.8) is 0 Å². The van der Waals surface area contributed by atoms with Crippen LogP contribution in [0.4, 0.5) is 4.79 Å². The lowest BCUT2D eigenvalue weighted by Crippen LogP contribution is -2.35. The van der Waals surface area contributed by atoms with Crippen molar-refractivity contribution in [3.05, 3.63) is 33.4 Å². The lowest BCUT2D eigenvalue weighted by molar-refractivity contribution is -0.125. The van der Waals surface area contributed by atoms with E-state index in [0.29, 0.717) is 0 Å². The van der Waals surface area contributed by atoms with Crippen LogP contribution in [-0.4, -0.2) is 33.1 Å². The Labute approximate surface area is 139 Å². The molecule has 0 saturated carbocycles. The number of alkyl carbamates (subject to hydrolysis) is 1. The summed E-state index contributed by atoms with van der Waals surface area (Å²) in [7, 11) is 3.11. The largest absolute Gasteiger partial charge is 0.443 e. The first-order valence-corrected chi connectivity index (χ1v) is 7.82. The lowest BCUT2D eigenvalue weighted by Gasteiger charge is -2.30. The topological polar surface area (TPSA) is 56.8 Å². The second-order valence-electron chi connectivity index (χ2n) is 4.88.